The number of ether oxygens (including phenoxy) is 4. The third kappa shape index (κ3) is 6.08. The van der Waals surface area contributed by atoms with E-state index >= 15 is 0 Å². The largest absolute Gasteiger partial charge is 0.493 e. The van der Waals surface area contributed by atoms with Crippen LogP contribution in [0.4, 0.5) is 4.79 Å². The Morgan fingerprint density at radius 1 is 1.13 bits per heavy atom. The van der Waals surface area contributed by atoms with E-state index in [0.29, 0.717) is 42.8 Å². The van der Waals surface area contributed by atoms with Crippen LogP contribution in [-0.2, 0) is 11.3 Å². The third-order valence-electron chi connectivity index (χ3n) is 4.41. The van der Waals surface area contributed by atoms with Crippen molar-refractivity contribution in [2.45, 2.75) is 45.9 Å². The molecule has 1 aliphatic rings. The van der Waals surface area contributed by atoms with Gasteiger partial charge in [0.25, 0.3) is 0 Å². The Balaban J connectivity index is 2.02. The molecule has 1 aliphatic heterocycles. The number of hydrogen-bond acceptors (Lipinski definition) is 6. The van der Waals surface area contributed by atoms with Crippen molar-refractivity contribution in [2.24, 2.45) is 4.99 Å². The molecular formula is C21H34N4O5. The van der Waals surface area contributed by atoms with Gasteiger partial charge < -0.3 is 34.5 Å². The zero-order valence-corrected chi connectivity index (χ0v) is 19.0. The molecule has 1 fully saturated rings. The van der Waals surface area contributed by atoms with E-state index < -0.39 is 5.60 Å². The fraction of sp³-hybridized carbons (Fsp3) is 0.619. The van der Waals surface area contributed by atoms with Gasteiger partial charge in [-0.3, -0.25) is 0 Å². The van der Waals surface area contributed by atoms with Gasteiger partial charge in [0.2, 0.25) is 5.75 Å². The SMILES string of the molecule is CCNC(=NCc1ccc(OC)c(OC)c1OC)NC1CN(C(=O)OC(C)(C)C)C1. The fourth-order valence-corrected chi connectivity index (χ4v) is 3.01. The second-order valence-corrected chi connectivity index (χ2v) is 7.92. The van der Waals surface area contributed by atoms with Crippen LogP contribution in [0.3, 0.4) is 0 Å². The number of benzene rings is 1. The van der Waals surface area contributed by atoms with Gasteiger partial charge in [-0.2, -0.15) is 0 Å². The number of nitrogens with one attached hydrogen (secondary N) is 2. The lowest BCUT2D eigenvalue weighted by molar-refractivity contribution is 0.00700. The number of amides is 1. The number of nitrogens with zero attached hydrogens (tertiary/aromatic N) is 2. The summed E-state index contributed by atoms with van der Waals surface area (Å²) >= 11 is 0. The van der Waals surface area contributed by atoms with E-state index in [9.17, 15) is 4.79 Å². The van der Waals surface area contributed by atoms with Crippen LogP contribution in [0.25, 0.3) is 0 Å². The van der Waals surface area contributed by atoms with Gasteiger partial charge >= 0.3 is 6.09 Å². The van der Waals surface area contributed by atoms with Gasteiger partial charge in [-0.05, 0) is 39.8 Å². The average Bonchev–Trinajstić information content (AvgIpc) is 2.65. The van der Waals surface area contributed by atoms with Crippen molar-refractivity contribution in [1.82, 2.24) is 15.5 Å². The molecule has 0 bridgehead atoms. The Morgan fingerprint density at radius 2 is 1.80 bits per heavy atom. The quantitative estimate of drug-likeness (QED) is 0.515. The van der Waals surface area contributed by atoms with Gasteiger partial charge in [0.1, 0.15) is 5.60 Å². The molecule has 0 saturated carbocycles. The van der Waals surface area contributed by atoms with E-state index in [1.807, 2.05) is 39.8 Å². The van der Waals surface area contributed by atoms with E-state index in [4.69, 9.17) is 18.9 Å². The van der Waals surface area contributed by atoms with Crippen molar-refractivity contribution < 1.29 is 23.7 Å². The Labute approximate surface area is 178 Å². The first-order valence-corrected chi connectivity index (χ1v) is 10.0. The van der Waals surface area contributed by atoms with E-state index in [-0.39, 0.29) is 12.1 Å². The van der Waals surface area contributed by atoms with Gasteiger partial charge in [0.15, 0.2) is 17.5 Å². The van der Waals surface area contributed by atoms with Crippen LogP contribution in [0.15, 0.2) is 17.1 Å². The first-order valence-electron chi connectivity index (χ1n) is 10.0. The molecule has 0 aliphatic carbocycles. The first-order chi connectivity index (χ1) is 14.2. The van der Waals surface area contributed by atoms with Crippen LogP contribution in [0.2, 0.25) is 0 Å². The number of aliphatic imine (C=N–C) groups is 1. The second kappa shape index (κ2) is 10.3. The summed E-state index contributed by atoms with van der Waals surface area (Å²) in [7, 11) is 4.75. The Kier molecular flexibility index (Phi) is 8.02. The lowest BCUT2D eigenvalue weighted by Gasteiger charge is -2.40. The highest BCUT2D eigenvalue weighted by Crippen LogP contribution is 2.39. The topological polar surface area (TPSA) is 93.7 Å². The zero-order chi connectivity index (χ0) is 22.3. The van der Waals surface area contributed by atoms with Crippen molar-refractivity contribution in [3.05, 3.63) is 17.7 Å². The summed E-state index contributed by atoms with van der Waals surface area (Å²) in [4.78, 5) is 18.4. The molecule has 0 atom stereocenters. The van der Waals surface area contributed by atoms with Crippen LogP contribution in [0.5, 0.6) is 17.2 Å². The number of carbonyl (C=O) groups is 1. The monoisotopic (exact) mass is 422 g/mol. The van der Waals surface area contributed by atoms with Crippen molar-refractivity contribution in [3.63, 3.8) is 0 Å². The van der Waals surface area contributed by atoms with Crippen molar-refractivity contribution in [2.75, 3.05) is 41.0 Å². The molecule has 1 amide bonds. The summed E-state index contributed by atoms with van der Waals surface area (Å²) in [6.07, 6.45) is -0.294. The lowest BCUT2D eigenvalue weighted by atomic mass is 10.1. The summed E-state index contributed by atoms with van der Waals surface area (Å²) in [6.45, 7) is 9.83. The molecule has 168 valence electrons. The number of rotatable bonds is 7. The van der Waals surface area contributed by atoms with Gasteiger partial charge in [0.05, 0.1) is 33.9 Å². The molecule has 0 spiro atoms. The lowest BCUT2D eigenvalue weighted by Crippen LogP contribution is -2.63. The predicted octanol–water partition coefficient (Wildman–Crippen LogP) is 2.39. The standard InChI is InChI=1S/C21H34N4O5/c1-8-22-19(24-15-12-25(13-15)20(26)30-21(2,3)4)23-11-14-9-10-16(27-5)18(29-7)17(14)28-6/h9-10,15H,8,11-13H2,1-7H3,(H2,22,23,24). The van der Waals surface area contributed by atoms with Crippen molar-refractivity contribution in [3.8, 4) is 17.2 Å². The highest BCUT2D eigenvalue weighted by atomic mass is 16.6. The molecule has 9 nitrogen and oxygen atoms in total. The summed E-state index contributed by atoms with van der Waals surface area (Å²) in [6, 6.07) is 3.85. The van der Waals surface area contributed by atoms with Gasteiger partial charge in [-0.1, -0.05) is 0 Å². The number of carbonyl (C=O) groups excluding carboxylic acids is 1. The molecular weight excluding hydrogens is 388 g/mol. The molecule has 1 aromatic carbocycles. The van der Waals surface area contributed by atoms with Crippen LogP contribution < -0.4 is 24.8 Å². The molecule has 0 aromatic heterocycles. The van der Waals surface area contributed by atoms with E-state index in [0.717, 1.165) is 12.1 Å². The fourth-order valence-electron chi connectivity index (χ4n) is 3.01. The van der Waals surface area contributed by atoms with Gasteiger partial charge in [-0.25, -0.2) is 9.79 Å². The molecule has 1 aromatic rings. The molecule has 9 heteroatoms. The van der Waals surface area contributed by atoms with Crippen molar-refractivity contribution in [1.29, 1.82) is 0 Å². The maximum Gasteiger partial charge on any atom is 0.410 e. The minimum absolute atomic E-state index is 0.114. The van der Waals surface area contributed by atoms with Crippen LogP contribution >= 0.6 is 0 Å². The Bertz CT molecular complexity index is 754. The average molecular weight is 423 g/mol. The maximum absolute atomic E-state index is 12.1. The highest BCUT2D eigenvalue weighted by Gasteiger charge is 2.34. The summed E-state index contributed by atoms with van der Waals surface area (Å²) < 4.78 is 21.7. The smallest absolute Gasteiger partial charge is 0.410 e. The third-order valence-corrected chi connectivity index (χ3v) is 4.41. The van der Waals surface area contributed by atoms with Crippen LogP contribution in [-0.4, -0.2) is 69.6 Å². The minimum atomic E-state index is -0.496. The summed E-state index contributed by atoms with van der Waals surface area (Å²) in [5.41, 5.74) is 0.376. The minimum Gasteiger partial charge on any atom is -0.493 e. The zero-order valence-electron chi connectivity index (χ0n) is 19.0. The van der Waals surface area contributed by atoms with Crippen molar-refractivity contribution >= 4 is 12.1 Å². The molecule has 0 radical (unpaired) electrons. The summed E-state index contributed by atoms with van der Waals surface area (Å²) in [5, 5.41) is 6.58. The normalized spacial score (nSPS) is 14.6. The van der Waals surface area contributed by atoms with E-state index in [1.54, 1.807) is 26.2 Å². The van der Waals surface area contributed by atoms with E-state index in [2.05, 4.69) is 15.6 Å². The molecule has 30 heavy (non-hydrogen) atoms. The maximum atomic E-state index is 12.1. The number of hydrogen-bond donors (Lipinski definition) is 2. The van der Waals surface area contributed by atoms with Gasteiger partial charge in [-0.15, -0.1) is 0 Å². The molecule has 2 N–H and O–H groups in total. The van der Waals surface area contributed by atoms with Crippen LogP contribution in [0, 0.1) is 0 Å². The van der Waals surface area contributed by atoms with E-state index in [1.165, 1.54) is 0 Å². The molecule has 1 heterocycles. The van der Waals surface area contributed by atoms with Crippen LogP contribution in [0.1, 0.15) is 33.3 Å². The van der Waals surface area contributed by atoms with Gasteiger partial charge in [0, 0.05) is 25.2 Å². The molecule has 2 rings (SSSR count). The summed E-state index contributed by atoms with van der Waals surface area (Å²) in [5.74, 6) is 2.40. The molecule has 0 unspecified atom stereocenters. The predicted molar refractivity (Wildman–Crippen MR) is 116 cm³/mol. The number of guanidine groups is 1. The highest BCUT2D eigenvalue weighted by molar-refractivity contribution is 5.80. The first kappa shape index (κ1) is 23.4. The Hall–Kier alpha value is -2.84. The number of methoxy groups -OCH3 is 3. The molecule has 1 saturated heterocycles. The Morgan fingerprint density at radius 3 is 2.33 bits per heavy atom. The number of likely N-dealkylation sites (tertiary alicyclic amines) is 1. The second-order valence-electron chi connectivity index (χ2n) is 7.92.